The van der Waals surface area contributed by atoms with E-state index in [1.807, 2.05) is 30.3 Å². The number of nitrogens with one attached hydrogen (secondary N) is 2. The predicted octanol–water partition coefficient (Wildman–Crippen LogP) is 2.58. The fourth-order valence-corrected chi connectivity index (χ4v) is 2.11. The third-order valence-corrected chi connectivity index (χ3v) is 3.48. The molecule has 0 aliphatic rings. The maximum Gasteiger partial charge on any atom is 0.329 e. The second-order valence-electron chi connectivity index (χ2n) is 5.47. The summed E-state index contributed by atoms with van der Waals surface area (Å²) in [4.78, 5) is 23.7. The molecule has 0 saturated heterocycles. The Hall–Kier alpha value is -3.41. The highest BCUT2D eigenvalue weighted by molar-refractivity contribution is 6.35. The molecule has 0 aliphatic carbocycles. The van der Waals surface area contributed by atoms with Crippen LogP contribution in [0.5, 0.6) is 5.75 Å². The first-order valence-electron chi connectivity index (χ1n) is 8.12. The zero-order valence-electron chi connectivity index (χ0n) is 14.5. The van der Waals surface area contributed by atoms with Crippen molar-refractivity contribution in [1.29, 1.82) is 0 Å². The fraction of sp³-hybridized carbons (Fsp3) is 0.150. The van der Waals surface area contributed by atoms with Crippen molar-refractivity contribution in [3.8, 4) is 5.75 Å². The Bertz CT molecular complexity index is 771. The van der Waals surface area contributed by atoms with Crippen LogP contribution in [-0.4, -0.2) is 24.6 Å². The van der Waals surface area contributed by atoms with Crippen molar-refractivity contribution in [2.24, 2.45) is 5.10 Å². The van der Waals surface area contributed by atoms with Crippen molar-refractivity contribution in [1.82, 2.24) is 10.7 Å². The SMILES string of the molecule is C=CCOc1ccc(/C=N\NC(=O)C(=O)N[C@@H](C)c2ccccc2)cc1. The summed E-state index contributed by atoms with van der Waals surface area (Å²) in [6.45, 7) is 5.82. The van der Waals surface area contributed by atoms with Crippen molar-refractivity contribution in [2.75, 3.05) is 6.61 Å². The molecule has 6 nitrogen and oxygen atoms in total. The Morgan fingerprint density at radius 2 is 1.81 bits per heavy atom. The van der Waals surface area contributed by atoms with Crippen LogP contribution in [0.15, 0.2) is 72.4 Å². The first-order valence-corrected chi connectivity index (χ1v) is 8.12. The van der Waals surface area contributed by atoms with Gasteiger partial charge in [0.15, 0.2) is 0 Å². The third-order valence-electron chi connectivity index (χ3n) is 3.48. The van der Waals surface area contributed by atoms with Gasteiger partial charge in [0.25, 0.3) is 0 Å². The molecule has 26 heavy (non-hydrogen) atoms. The Balaban J connectivity index is 1.82. The smallest absolute Gasteiger partial charge is 0.329 e. The molecule has 2 aromatic rings. The van der Waals surface area contributed by atoms with Gasteiger partial charge in [0, 0.05) is 0 Å². The largest absolute Gasteiger partial charge is 0.490 e. The number of hydrogen-bond donors (Lipinski definition) is 2. The molecule has 0 fully saturated rings. The van der Waals surface area contributed by atoms with Gasteiger partial charge in [-0.2, -0.15) is 5.10 Å². The quantitative estimate of drug-likeness (QED) is 0.348. The molecular formula is C20H21N3O3. The lowest BCUT2D eigenvalue weighted by Crippen LogP contribution is -2.39. The summed E-state index contributed by atoms with van der Waals surface area (Å²) in [7, 11) is 0. The van der Waals surface area contributed by atoms with Crippen molar-refractivity contribution in [2.45, 2.75) is 13.0 Å². The average Bonchev–Trinajstić information content (AvgIpc) is 2.67. The number of hydrogen-bond acceptors (Lipinski definition) is 4. The minimum Gasteiger partial charge on any atom is -0.490 e. The van der Waals surface area contributed by atoms with Crippen molar-refractivity contribution < 1.29 is 14.3 Å². The highest BCUT2D eigenvalue weighted by Gasteiger charge is 2.16. The van der Waals surface area contributed by atoms with E-state index < -0.39 is 11.8 Å². The van der Waals surface area contributed by atoms with Gasteiger partial charge < -0.3 is 10.1 Å². The van der Waals surface area contributed by atoms with Crippen LogP contribution >= 0.6 is 0 Å². The highest BCUT2D eigenvalue weighted by Crippen LogP contribution is 2.11. The first-order chi connectivity index (χ1) is 12.6. The lowest BCUT2D eigenvalue weighted by Gasteiger charge is -2.13. The van der Waals surface area contributed by atoms with Gasteiger partial charge in [-0.1, -0.05) is 43.0 Å². The van der Waals surface area contributed by atoms with E-state index in [-0.39, 0.29) is 6.04 Å². The summed E-state index contributed by atoms with van der Waals surface area (Å²) >= 11 is 0. The molecule has 0 unspecified atom stereocenters. The van der Waals surface area contributed by atoms with Gasteiger partial charge in [-0.15, -0.1) is 0 Å². The summed E-state index contributed by atoms with van der Waals surface area (Å²) in [5.41, 5.74) is 3.88. The van der Waals surface area contributed by atoms with Crippen molar-refractivity contribution in [3.63, 3.8) is 0 Å². The molecule has 6 heteroatoms. The Labute approximate surface area is 152 Å². The number of carbonyl (C=O) groups excluding carboxylic acids is 2. The molecule has 0 aliphatic heterocycles. The van der Waals surface area contributed by atoms with Crippen LogP contribution in [0.2, 0.25) is 0 Å². The topological polar surface area (TPSA) is 79.8 Å². The Morgan fingerprint density at radius 3 is 2.46 bits per heavy atom. The van der Waals surface area contributed by atoms with Gasteiger partial charge in [0.1, 0.15) is 12.4 Å². The number of rotatable bonds is 7. The van der Waals surface area contributed by atoms with E-state index in [1.54, 1.807) is 37.3 Å². The standard InChI is InChI=1S/C20H21N3O3/c1-3-13-26-18-11-9-16(10-12-18)14-21-23-20(25)19(24)22-15(2)17-7-5-4-6-8-17/h3-12,14-15H,1,13H2,2H3,(H,22,24)(H,23,25)/b21-14-/t15-/m0/s1. The zero-order valence-corrected chi connectivity index (χ0v) is 14.5. The van der Waals surface area contributed by atoms with E-state index in [2.05, 4.69) is 22.4 Å². The third kappa shape index (κ3) is 5.90. The number of ether oxygens (including phenoxy) is 1. The molecule has 2 amide bonds. The molecule has 0 aromatic heterocycles. The Morgan fingerprint density at radius 1 is 1.12 bits per heavy atom. The highest BCUT2D eigenvalue weighted by atomic mass is 16.5. The molecular weight excluding hydrogens is 330 g/mol. The second kappa shape index (κ2) is 9.78. The molecule has 2 N–H and O–H groups in total. The van der Waals surface area contributed by atoms with E-state index in [4.69, 9.17) is 4.74 Å². The maximum atomic E-state index is 11.9. The van der Waals surface area contributed by atoms with Crippen LogP contribution in [0, 0.1) is 0 Å². The number of amides is 2. The van der Waals surface area contributed by atoms with Crippen LogP contribution in [-0.2, 0) is 9.59 Å². The van der Waals surface area contributed by atoms with Gasteiger partial charge in [-0.3, -0.25) is 9.59 Å². The maximum absolute atomic E-state index is 11.9. The predicted molar refractivity (Wildman–Crippen MR) is 101 cm³/mol. The van der Waals surface area contributed by atoms with Crippen LogP contribution < -0.4 is 15.5 Å². The van der Waals surface area contributed by atoms with Gasteiger partial charge in [0.05, 0.1) is 12.3 Å². The van der Waals surface area contributed by atoms with Crippen molar-refractivity contribution >= 4 is 18.0 Å². The number of hydrazone groups is 1. The summed E-state index contributed by atoms with van der Waals surface area (Å²) < 4.78 is 5.37. The number of benzene rings is 2. The summed E-state index contributed by atoms with van der Waals surface area (Å²) in [5.74, 6) is -0.859. The molecule has 0 spiro atoms. The van der Waals surface area contributed by atoms with E-state index >= 15 is 0 Å². The van der Waals surface area contributed by atoms with E-state index in [1.165, 1.54) is 6.21 Å². The Kier molecular flexibility index (Phi) is 7.12. The molecule has 0 heterocycles. The molecule has 2 aromatic carbocycles. The second-order valence-corrected chi connectivity index (χ2v) is 5.47. The monoisotopic (exact) mass is 351 g/mol. The van der Waals surface area contributed by atoms with Gasteiger partial charge >= 0.3 is 11.8 Å². The molecule has 2 rings (SSSR count). The average molecular weight is 351 g/mol. The van der Waals surface area contributed by atoms with Crippen molar-refractivity contribution in [3.05, 3.63) is 78.4 Å². The minimum absolute atomic E-state index is 0.276. The van der Waals surface area contributed by atoms with E-state index in [0.29, 0.717) is 12.4 Å². The first kappa shape index (κ1) is 18.9. The number of nitrogens with zero attached hydrogens (tertiary/aromatic N) is 1. The van der Waals surface area contributed by atoms with Crippen LogP contribution in [0.4, 0.5) is 0 Å². The van der Waals surface area contributed by atoms with Crippen LogP contribution in [0.1, 0.15) is 24.1 Å². The van der Waals surface area contributed by atoms with Crippen LogP contribution in [0.3, 0.4) is 0 Å². The van der Waals surface area contributed by atoms with Gasteiger partial charge in [-0.25, -0.2) is 5.43 Å². The van der Waals surface area contributed by atoms with Crippen LogP contribution in [0.25, 0.3) is 0 Å². The lowest BCUT2D eigenvalue weighted by atomic mass is 10.1. The fourth-order valence-electron chi connectivity index (χ4n) is 2.11. The normalized spacial score (nSPS) is 11.6. The molecule has 0 bridgehead atoms. The van der Waals surface area contributed by atoms with E-state index in [9.17, 15) is 9.59 Å². The van der Waals surface area contributed by atoms with Gasteiger partial charge in [0.2, 0.25) is 0 Å². The molecule has 0 radical (unpaired) electrons. The molecule has 0 saturated carbocycles. The molecule has 134 valence electrons. The molecule has 1 atom stereocenters. The summed E-state index contributed by atoms with van der Waals surface area (Å²) in [6.07, 6.45) is 3.11. The van der Waals surface area contributed by atoms with Gasteiger partial charge in [-0.05, 0) is 42.3 Å². The minimum atomic E-state index is -0.824. The summed E-state index contributed by atoms with van der Waals surface area (Å²) in [6, 6.07) is 16.2. The lowest BCUT2D eigenvalue weighted by molar-refractivity contribution is -0.139. The number of carbonyl (C=O) groups is 2. The summed E-state index contributed by atoms with van der Waals surface area (Å²) in [5, 5.41) is 6.41. The van der Waals surface area contributed by atoms with E-state index in [0.717, 1.165) is 11.1 Å². The zero-order chi connectivity index (χ0) is 18.8.